The summed E-state index contributed by atoms with van der Waals surface area (Å²) in [7, 11) is 1.85. The third-order valence-corrected chi connectivity index (χ3v) is 5.58. The van der Waals surface area contributed by atoms with Crippen LogP contribution >= 0.6 is 23.1 Å². The number of anilines is 1. The van der Waals surface area contributed by atoms with E-state index in [1.807, 2.05) is 23.9 Å². The van der Waals surface area contributed by atoms with Crippen LogP contribution in [0.15, 0.2) is 10.5 Å². The highest BCUT2D eigenvalue weighted by atomic mass is 32.2. The average Bonchev–Trinajstić information content (AvgIpc) is 3.09. The molecule has 0 saturated carbocycles. The van der Waals surface area contributed by atoms with Gasteiger partial charge in [0.25, 0.3) is 0 Å². The van der Waals surface area contributed by atoms with Crippen LogP contribution in [0.3, 0.4) is 0 Å². The fourth-order valence-electron chi connectivity index (χ4n) is 2.31. The number of thiophene rings is 1. The smallest absolute Gasteiger partial charge is 0.341 e. The lowest BCUT2D eigenvalue weighted by atomic mass is 10.0. The minimum absolute atomic E-state index is 0.186. The number of thioether (sulfide) groups is 1. The Balaban J connectivity index is 2.09. The van der Waals surface area contributed by atoms with E-state index in [4.69, 9.17) is 4.74 Å². The van der Waals surface area contributed by atoms with Crippen molar-refractivity contribution in [3.63, 3.8) is 0 Å². The van der Waals surface area contributed by atoms with E-state index in [-0.39, 0.29) is 11.7 Å². The summed E-state index contributed by atoms with van der Waals surface area (Å²) in [6.45, 7) is 8.09. The SMILES string of the molecule is CCOC(=O)c1c(CC(C)C)csc1NC(=O)CSc1nnc(C)n1C. The van der Waals surface area contributed by atoms with Gasteiger partial charge in [0.15, 0.2) is 5.16 Å². The van der Waals surface area contributed by atoms with Gasteiger partial charge >= 0.3 is 5.97 Å². The maximum absolute atomic E-state index is 12.3. The molecule has 0 fully saturated rings. The Kier molecular flexibility index (Phi) is 7.22. The number of amides is 1. The number of aryl methyl sites for hydroxylation is 1. The van der Waals surface area contributed by atoms with Crippen molar-refractivity contribution in [2.24, 2.45) is 13.0 Å². The Morgan fingerprint density at radius 2 is 2.12 bits per heavy atom. The van der Waals surface area contributed by atoms with Crippen LogP contribution in [-0.2, 0) is 23.0 Å². The summed E-state index contributed by atoms with van der Waals surface area (Å²) >= 11 is 2.66. The second-order valence-corrected chi connectivity index (χ2v) is 8.03. The molecule has 2 aromatic rings. The van der Waals surface area contributed by atoms with Crippen LogP contribution in [0.4, 0.5) is 5.00 Å². The van der Waals surface area contributed by atoms with Crippen LogP contribution in [0.1, 0.15) is 42.5 Å². The van der Waals surface area contributed by atoms with Gasteiger partial charge in [-0.25, -0.2) is 4.79 Å². The predicted octanol–water partition coefficient (Wildman–Crippen LogP) is 3.29. The van der Waals surface area contributed by atoms with Crippen LogP contribution < -0.4 is 5.32 Å². The molecule has 142 valence electrons. The van der Waals surface area contributed by atoms with E-state index in [0.717, 1.165) is 17.8 Å². The first-order valence-electron chi connectivity index (χ1n) is 8.39. The molecule has 0 aliphatic carbocycles. The Labute approximate surface area is 161 Å². The van der Waals surface area contributed by atoms with E-state index in [1.54, 1.807) is 6.92 Å². The van der Waals surface area contributed by atoms with Crippen molar-refractivity contribution in [3.8, 4) is 0 Å². The molecule has 0 aromatic carbocycles. The largest absolute Gasteiger partial charge is 0.462 e. The summed E-state index contributed by atoms with van der Waals surface area (Å²) in [4.78, 5) is 24.7. The van der Waals surface area contributed by atoms with Crippen molar-refractivity contribution in [2.45, 2.75) is 39.3 Å². The van der Waals surface area contributed by atoms with Gasteiger partial charge in [-0.1, -0.05) is 25.6 Å². The number of aromatic nitrogens is 3. The fourth-order valence-corrected chi connectivity index (χ4v) is 4.04. The van der Waals surface area contributed by atoms with Crippen LogP contribution in [-0.4, -0.2) is 39.0 Å². The third kappa shape index (κ3) is 5.07. The van der Waals surface area contributed by atoms with E-state index >= 15 is 0 Å². The second-order valence-electron chi connectivity index (χ2n) is 6.21. The van der Waals surface area contributed by atoms with Crippen LogP contribution in [0.5, 0.6) is 0 Å². The molecule has 0 aliphatic rings. The number of carbonyl (C=O) groups excluding carboxylic acids is 2. The van der Waals surface area contributed by atoms with E-state index < -0.39 is 5.97 Å². The number of ether oxygens (including phenoxy) is 1. The summed E-state index contributed by atoms with van der Waals surface area (Å²) in [5.74, 6) is 0.784. The standard InChI is InChI=1S/C17H24N4O3S2/c1-6-24-16(23)14-12(7-10(2)3)8-25-15(14)18-13(22)9-26-17-20-19-11(4)21(17)5/h8,10H,6-7,9H2,1-5H3,(H,18,22). The van der Waals surface area contributed by atoms with Crippen LogP contribution in [0.2, 0.25) is 0 Å². The second kappa shape index (κ2) is 9.18. The van der Waals surface area contributed by atoms with Gasteiger partial charge in [0, 0.05) is 7.05 Å². The molecule has 0 atom stereocenters. The maximum atomic E-state index is 12.3. The monoisotopic (exact) mass is 396 g/mol. The molecule has 0 unspecified atom stereocenters. The van der Waals surface area contributed by atoms with Crippen LogP contribution in [0, 0.1) is 12.8 Å². The Hall–Kier alpha value is -1.87. The highest BCUT2D eigenvalue weighted by Gasteiger charge is 2.22. The molecule has 0 bridgehead atoms. The van der Waals surface area contributed by atoms with E-state index in [2.05, 4.69) is 29.4 Å². The van der Waals surface area contributed by atoms with Gasteiger partial charge in [-0.05, 0) is 37.1 Å². The number of carbonyl (C=O) groups is 2. The molecule has 9 heteroatoms. The normalized spacial score (nSPS) is 11.0. The van der Waals surface area contributed by atoms with Gasteiger partial charge in [0.2, 0.25) is 5.91 Å². The molecule has 0 aliphatic heterocycles. The number of hydrogen-bond donors (Lipinski definition) is 1. The average molecular weight is 397 g/mol. The van der Waals surface area contributed by atoms with Gasteiger partial charge < -0.3 is 14.6 Å². The molecule has 0 saturated heterocycles. The highest BCUT2D eigenvalue weighted by Crippen LogP contribution is 2.31. The van der Waals surface area contributed by atoms with Crippen molar-refractivity contribution in [1.82, 2.24) is 14.8 Å². The van der Waals surface area contributed by atoms with Gasteiger partial charge in [0.05, 0.1) is 17.9 Å². The third-order valence-electron chi connectivity index (χ3n) is 3.61. The highest BCUT2D eigenvalue weighted by molar-refractivity contribution is 7.99. The van der Waals surface area contributed by atoms with Crippen molar-refractivity contribution < 1.29 is 14.3 Å². The van der Waals surface area contributed by atoms with Gasteiger partial charge in [-0.3, -0.25) is 4.79 Å². The molecular weight excluding hydrogens is 372 g/mol. The van der Waals surface area contributed by atoms with Crippen molar-refractivity contribution in [1.29, 1.82) is 0 Å². The lowest BCUT2D eigenvalue weighted by Crippen LogP contribution is -2.17. The minimum atomic E-state index is -0.392. The molecule has 2 aromatic heterocycles. The molecule has 0 spiro atoms. The Morgan fingerprint density at radius 1 is 1.38 bits per heavy atom. The fraction of sp³-hybridized carbons (Fsp3) is 0.529. The zero-order chi connectivity index (χ0) is 19.3. The minimum Gasteiger partial charge on any atom is -0.462 e. The molecule has 1 N–H and O–H groups in total. The first-order valence-corrected chi connectivity index (χ1v) is 10.3. The molecule has 7 nitrogen and oxygen atoms in total. The first kappa shape index (κ1) is 20.4. The quantitative estimate of drug-likeness (QED) is 0.544. The number of rotatable bonds is 8. The first-order chi connectivity index (χ1) is 12.3. The van der Waals surface area contributed by atoms with E-state index in [9.17, 15) is 9.59 Å². The molecular formula is C17H24N4O3S2. The predicted molar refractivity (Wildman–Crippen MR) is 104 cm³/mol. The van der Waals surface area contributed by atoms with Crippen molar-refractivity contribution in [3.05, 3.63) is 22.3 Å². The molecule has 1 amide bonds. The molecule has 0 radical (unpaired) electrons. The lowest BCUT2D eigenvalue weighted by Gasteiger charge is -2.09. The van der Waals surface area contributed by atoms with Crippen LogP contribution in [0.25, 0.3) is 0 Å². The van der Waals surface area contributed by atoms with E-state index in [0.29, 0.717) is 28.2 Å². The molecule has 26 heavy (non-hydrogen) atoms. The Morgan fingerprint density at radius 3 is 2.69 bits per heavy atom. The summed E-state index contributed by atoms with van der Waals surface area (Å²) in [5.41, 5.74) is 1.38. The number of nitrogens with zero attached hydrogens (tertiary/aromatic N) is 3. The zero-order valence-electron chi connectivity index (χ0n) is 15.7. The summed E-state index contributed by atoms with van der Waals surface area (Å²) < 4.78 is 7.00. The van der Waals surface area contributed by atoms with Gasteiger partial charge in [0.1, 0.15) is 10.8 Å². The number of hydrogen-bond acceptors (Lipinski definition) is 7. The Bertz CT molecular complexity index is 783. The summed E-state index contributed by atoms with van der Waals surface area (Å²) in [6, 6.07) is 0. The molecule has 2 rings (SSSR count). The van der Waals surface area contributed by atoms with Gasteiger partial charge in [-0.15, -0.1) is 21.5 Å². The maximum Gasteiger partial charge on any atom is 0.341 e. The number of nitrogens with one attached hydrogen (secondary N) is 1. The number of esters is 1. The van der Waals surface area contributed by atoms with Crippen molar-refractivity contribution in [2.75, 3.05) is 17.7 Å². The van der Waals surface area contributed by atoms with E-state index in [1.165, 1.54) is 23.1 Å². The van der Waals surface area contributed by atoms with Gasteiger partial charge in [-0.2, -0.15) is 0 Å². The molecule has 2 heterocycles. The van der Waals surface area contributed by atoms with Crippen molar-refractivity contribution >= 4 is 40.0 Å². The topological polar surface area (TPSA) is 86.1 Å². The summed E-state index contributed by atoms with van der Waals surface area (Å²) in [6.07, 6.45) is 0.757. The lowest BCUT2D eigenvalue weighted by molar-refractivity contribution is -0.113. The zero-order valence-corrected chi connectivity index (χ0v) is 17.3. The summed E-state index contributed by atoms with van der Waals surface area (Å²) in [5, 5.41) is 14.0.